The first-order valence-electron chi connectivity index (χ1n) is 6.02. The number of nitro benzene ring substituents is 1. The topological polar surface area (TPSA) is 118 Å². The van der Waals surface area contributed by atoms with E-state index in [2.05, 4.69) is 9.97 Å². The fourth-order valence-electron chi connectivity index (χ4n) is 1.75. The Kier molecular flexibility index (Phi) is 4.26. The third-order valence-electron chi connectivity index (χ3n) is 2.76. The Balaban J connectivity index is 0.000000247. The summed E-state index contributed by atoms with van der Waals surface area (Å²) in [5.74, 6) is -0.509. The van der Waals surface area contributed by atoms with Crippen LogP contribution in [0.2, 0.25) is 0 Å². The Labute approximate surface area is 113 Å². The second-order valence-corrected chi connectivity index (χ2v) is 4.17. The van der Waals surface area contributed by atoms with Crippen LogP contribution in [0.1, 0.15) is 12.8 Å². The minimum Gasteiger partial charge on any atom is -0.502 e. The second kappa shape index (κ2) is 6.11. The minimum absolute atomic E-state index is 0.0713. The van der Waals surface area contributed by atoms with Crippen molar-refractivity contribution >= 4 is 16.6 Å². The van der Waals surface area contributed by atoms with Crippen LogP contribution in [-0.4, -0.2) is 33.2 Å². The maximum Gasteiger partial charge on any atom is 0.311 e. The van der Waals surface area contributed by atoms with E-state index >= 15 is 0 Å². The second-order valence-electron chi connectivity index (χ2n) is 4.17. The van der Waals surface area contributed by atoms with Crippen molar-refractivity contribution in [2.75, 3.05) is 13.2 Å². The van der Waals surface area contributed by atoms with Crippen LogP contribution in [-0.2, 0) is 4.74 Å². The van der Waals surface area contributed by atoms with Crippen molar-refractivity contribution in [3.8, 4) is 5.75 Å². The van der Waals surface area contributed by atoms with Crippen LogP contribution in [0.4, 0.5) is 5.69 Å². The van der Waals surface area contributed by atoms with Crippen molar-refractivity contribution < 1.29 is 14.8 Å². The molecule has 0 unspecified atom stereocenters. The van der Waals surface area contributed by atoms with Crippen LogP contribution in [0.25, 0.3) is 10.9 Å². The van der Waals surface area contributed by atoms with Crippen LogP contribution in [0, 0.1) is 10.1 Å². The first-order chi connectivity index (χ1) is 9.59. The molecule has 0 amide bonds. The molecule has 2 N–H and O–H groups in total. The molecule has 106 valence electrons. The molecule has 3 rings (SSSR count). The predicted octanol–water partition coefficient (Wildman–Crippen LogP) is 1.33. The van der Waals surface area contributed by atoms with Crippen molar-refractivity contribution in [3.05, 3.63) is 38.9 Å². The number of aromatic hydroxyl groups is 1. The van der Waals surface area contributed by atoms with E-state index in [0.717, 1.165) is 31.7 Å². The molecule has 1 aliphatic heterocycles. The molecule has 2 heterocycles. The molecule has 0 aliphatic carbocycles. The van der Waals surface area contributed by atoms with Gasteiger partial charge in [0.1, 0.15) is 0 Å². The maximum absolute atomic E-state index is 11.3. The lowest BCUT2D eigenvalue weighted by atomic mass is 10.2. The fraction of sp³-hybridized carbons (Fsp3) is 0.333. The van der Waals surface area contributed by atoms with Crippen LogP contribution in [0.3, 0.4) is 0 Å². The quantitative estimate of drug-likeness (QED) is 0.600. The number of nitrogens with one attached hydrogen (secondary N) is 1. The van der Waals surface area contributed by atoms with Crippen LogP contribution in [0.5, 0.6) is 5.75 Å². The van der Waals surface area contributed by atoms with Crippen molar-refractivity contribution in [3.63, 3.8) is 0 Å². The lowest BCUT2D eigenvalue weighted by Crippen LogP contribution is -2.06. The Hall–Kier alpha value is -2.48. The van der Waals surface area contributed by atoms with Crippen molar-refractivity contribution in [1.82, 2.24) is 9.97 Å². The number of nitro groups is 1. The molecular weight excluding hydrogens is 266 g/mol. The molecular formula is C12H13N3O5. The van der Waals surface area contributed by atoms with Crippen molar-refractivity contribution in [2.45, 2.75) is 12.8 Å². The number of fused-ring (bicyclic) bond motifs is 1. The third-order valence-corrected chi connectivity index (χ3v) is 2.76. The Bertz CT molecular complexity index is 671. The molecule has 0 spiro atoms. The van der Waals surface area contributed by atoms with E-state index in [1.54, 1.807) is 0 Å². The number of aromatic amines is 1. The summed E-state index contributed by atoms with van der Waals surface area (Å²) in [6.07, 6.45) is 3.72. The average molecular weight is 279 g/mol. The average Bonchev–Trinajstić information content (AvgIpc) is 2.97. The van der Waals surface area contributed by atoms with E-state index in [1.807, 2.05) is 0 Å². The van der Waals surface area contributed by atoms with E-state index in [0.29, 0.717) is 0 Å². The molecule has 0 bridgehead atoms. The van der Waals surface area contributed by atoms with Gasteiger partial charge in [-0.3, -0.25) is 14.9 Å². The van der Waals surface area contributed by atoms with E-state index < -0.39 is 21.9 Å². The smallest absolute Gasteiger partial charge is 0.311 e. The van der Waals surface area contributed by atoms with Gasteiger partial charge in [0.2, 0.25) is 0 Å². The normalized spacial score (nSPS) is 13.8. The number of nitrogens with zero attached hydrogens (tertiary/aromatic N) is 2. The maximum atomic E-state index is 11.3. The molecule has 20 heavy (non-hydrogen) atoms. The van der Waals surface area contributed by atoms with Gasteiger partial charge in [0.05, 0.1) is 22.2 Å². The zero-order chi connectivity index (χ0) is 14.5. The van der Waals surface area contributed by atoms with Gasteiger partial charge in [0, 0.05) is 25.3 Å². The molecule has 1 saturated heterocycles. The summed E-state index contributed by atoms with van der Waals surface area (Å²) in [4.78, 5) is 27.0. The molecule has 0 atom stereocenters. The third kappa shape index (κ3) is 3.09. The molecule has 8 heteroatoms. The zero-order valence-electron chi connectivity index (χ0n) is 10.5. The lowest BCUT2D eigenvalue weighted by molar-refractivity contribution is -0.385. The standard InChI is InChI=1S/C8H5N3O4.C4H8O/c12-7-2-5-4(1-6(7)11(14)15)8(13)10-3-9-5;1-2-4-5-3-1/h1-3,12H,(H,9,10,13);1-4H2. The minimum atomic E-state index is -0.763. The highest BCUT2D eigenvalue weighted by atomic mass is 16.6. The summed E-state index contributed by atoms with van der Waals surface area (Å²) in [5.41, 5.74) is -0.786. The van der Waals surface area contributed by atoms with E-state index in [-0.39, 0.29) is 10.9 Å². The zero-order valence-corrected chi connectivity index (χ0v) is 10.5. The summed E-state index contributed by atoms with van der Waals surface area (Å²) < 4.78 is 4.94. The highest BCUT2D eigenvalue weighted by molar-refractivity contribution is 5.82. The Morgan fingerprint density at radius 2 is 2.05 bits per heavy atom. The molecule has 0 saturated carbocycles. The highest BCUT2D eigenvalue weighted by Gasteiger charge is 2.15. The van der Waals surface area contributed by atoms with Crippen LogP contribution >= 0.6 is 0 Å². The molecule has 1 aromatic heterocycles. The summed E-state index contributed by atoms with van der Waals surface area (Å²) in [6, 6.07) is 2.08. The number of rotatable bonds is 1. The number of H-pyrrole nitrogens is 1. The number of benzene rings is 1. The van der Waals surface area contributed by atoms with Gasteiger partial charge in [-0.15, -0.1) is 0 Å². The number of hydrogen-bond donors (Lipinski definition) is 2. The number of hydrogen-bond acceptors (Lipinski definition) is 6. The monoisotopic (exact) mass is 279 g/mol. The van der Waals surface area contributed by atoms with Gasteiger partial charge >= 0.3 is 5.69 Å². The SMILES string of the molecule is C1CCOC1.O=c1[nH]cnc2cc(O)c([N+](=O)[O-])cc12. The van der Waals surface area contributed by atoms with Crippen LogP contribution in [0.15, 0.2) is 23.3 Å². The molecule has 1 aliphatic rings. The van der Waals surface area contributed by atoms with E-state index in [9.17, 15) is 20.0 Å². The first kappa shape index (κ1) is 13.9. The van der Waals surface area contributed by atoms with Crippen molar-refractivity contribution in [1.29, 1.82) is 0 Å². The molecule has 1 aromatic carbocycles. The number of ether oxygens (including phenoxy) is 1. The Morgan fingerprint density at radius 1 is 1.35 bits per heavy atom. The van der Waals surface area contributed by atoms with Gasteiger partial charge in [0.25, 0.3) is 5.56 Å². The molecule has 8 nitrogen and oxygen atoms in total. The molecule has 2 aromatic rings. The Morgan fingerprint density at radius 3 is 2.60 bits per heavy atom. The summed E-state index contributed by atoms with van der Waals surface area (Å²) >= 11 is 0. The largest absolute Gasteiger partial charge is 0.502 e. The van der Waals surface area contributed by atoms with Gasteiger partial charge < -0.3 is 14.8 Å². The van der Waals surface area contributed by atoms with Gasteiger partial charge in [-0.25, -0.2) is 4.98 Å². The fourth-order valence-corrected chi connectivity index (χ4v) is 1.75. The first-order valence-corrected chi connectivity index (χ1v) is 6.02. The summed E-state index contributed by atoms with van der Waals surface area (Å²) in [5, 5.41) is 19.8. The van der Waals surface area contributed by atoms with Gasteiger partial charge in [-0.2, -0.15) is 0 Å². The number of aromatic nitrogens is 2. The van der Waals surface area contributed by atoms with Crippen LogP contribution < -0.4 is 5.56 Å². The molecule has 1 fully saturated rings. The van der Waals surface area contributed by atoms with Gasteiger partial charge in [-0.05, 0) is 12.8 Å². The van der Waals surface area contributed by atoms with E-state index in [4.69, 9.17) is 4.74 Å². The summed E-state index contributed by atoms with van der Waals surface area (Å²) in [7, 11) is 0. The van der Waals surface area contributed by atoms with Gasteiger partial charge in [0.15, 0.2) is 5.75 Å². The highest BCUT2D eigenvalue weighted by Crippen LogP contribution is 2.28. The summed E-state index contributed by atoms with van der Waals surface area (Å²) in [6.45, 7) is 2.00. The number of phenolic OH excluding ortho intramolecular Hbond substituents is 1. The number of phenols is 1. The van der Waals surface area contributed by atoms with Crippen molar-refractivity contribution in [2.24, 2.45) is 0 Å². The molecule has 0 radical (unpaired) electrons. The van der Waals surface area contributed by atoms with Gasteiger partial charge in [-0.1, -0.05) is 0 Å². The van der Waals surface area contributed by atoms with E-state index in [1.165, 1.54) is 12.8 Å². The lowest BCUT2D eigenvalue weighted by Gasteiger charge is -1.98. The predicted molar refractivity (Wildman–Crippen MR) is 70.7 cm³/mol.